The van der Waals surface area contributed by atoms with Crippen LogP contribution in [-0.4, -0.2) is 43.2 Å². The van der Waals surface area contributed by atoms with Crippen LogP contribution in [0.5, 0.6) is 0 Å². The van der Waals surface area contributed by atoms with Crippen LogP contribution in [-0.2, 0) is 9.53 Å². The Morgan fingerprint density at radius 1 is 1.60 bits per heavy atom. The van der Waals surface area contributed by atoms with E-state index < -0.39 is 0 Å². The molecule has 1 N–H and O–H groups in total. The molecule has 0 spiro atoms. The van der Waals surface area contributed by atoms with Crippen molar-refractivity contribution >= 4 is 17.3 Å². The van der Waals surface area contributed by atoms with E-state index in [-0.39, 0.29) is 18.1 Å². The highest BCUT2D eigenvalue weighted by molar-refractivity contribution is 7.10. The third-order valence-electron chi connectivity index (χ3n) is 3.67. The number of nitrogens with one attached hydrogen (secondary N) is 1. The van der Waals surface area contributed by atoms with Crippen LogP contribution >= 0.6 is 11.3 Å². The standard InChI is InChI=1S/C15H24N2O2S/c1-4-19-15(18)12-10-16-7-8-17(12)14(11(2)3)13-6-5-9-20-13/h5-6,9,11-12,14,16H,4,7-8,10H2,1-3H3. The SMILES string of the molecule is CCOC(=O)C1CNCCN1C(c1cccs1)C(C)C. The van der Waals surface area contributed by atoms with E-state index in [1.54, 1.807) is 11.3 Å². The molecule has 1 saturated heterocycles. The van der Waals surface area contributed by atoms with Crippen molar-refractivity contribution in [2.75, 3.05) is 26.2 Å². The summed E-state index contributed by atoms with van der Waals surface area (Å²) in [5, 5.41) is 5.41. The van der Waals surface area contributed by atoms with Gasteiger partial charge in [0, 0.05) is 30.6 Å². The average molecular weight is 296 g/mol. The number of hydrogen-bond donors (Lipinski definition) is 1. The lowest BCUT2D eigenvalue weighted by Gasteiger charge is -2.41. The van der Waals surface area contributed by atoms with Crippen LogP contribution in [0.4, 0.5) is 0 Å². The fraction of sp³-hybridized carbons (Fsp3) is 0.667. The third-order valence-corrected chi connectivity index (χ3v) is 4.61. The van der Waals surface area contributed by atoms with Gasteiger partial charge in [0.25, 0.3) is 0 Å². The van der Waals surface area contributed by atoms with Crippen molar-refractivity contribution in [2.45, 2.75) is 32.9 Å². The quantitative estimate of drug-likeness (QED) is 0.847. The van der Waals surface area contributed by atoms with Gasteiger partial charge in [-0.1, -0.05) is 19.9 Å². The molecule has 1 fully saturated rings. The first-order valence-corrected chi connectivity index (χ1v) is 8.19. The van der Waals surface area contributed by atoms with Crippen molar-refractivity contribution in [1.29, 1.82) is 0 Å². The summed E-state index contributed by atoms with van der Waals surface area (Å²) in [4.78, 5) is 15.8. The summed E-state index contributed by atoms with van der Waals surface area (Å²) in [6, 6.07) is 4.35. The Kier molecular flexibility index (Phi) is 5.57. The van der Waals surface area contributed by atoms with E-state index >= 15 is 0 Å². The fourth-order valence-electron chi connectivity index (χ4n) is 2.84. The summed E-state index contributed by atoms with van der Waals surface area (Å²) in [6.07, 6.45) is 0. The molecule has 2 heterocycles. The van der Waals surface area contributed by atoms with Crippen LogP contribution in [0.1, 0.15) is 31.7 Å². The van der Waals surface area contributed by atoms with Gasteiger partial charge in [0.05, 0.1) is 6.61 Å². The minimum Gasteiger partial charge on any atom is -0.465 e. The highest BCUT2D eigenvalue weighted by Gasteiger charge is 2.36. The van der Waals surface area contributed by atoms with Crippen LogP contribution in [0, 0.1) is 5.92 Å². The molecule has 4 nitrogen and oxygen atoms in total. The molecule has 1 aliphatic rings. The molecule has 0 radical (unpaired) electrons. The van der Waals surface area contributed by atoms with Crippen molar-refractivity contribution in [1.82, 2.24) is 10.2 Å². The van der Waals surface area contributed by atoms with Crippen LogP contribution in [0.2, 0.25) is 0 Å². The van der Waals surface area contributed by atoms with E-state index in [9.17, 15) is 4.79 Å². The number of nitrogens with zero attached hydrogens (tertiary/aromatic N) is 1. The second-order valence-corrected chi connectivity index (χ2v) is 6.39. The predicted octanol–water partition coefficient (Wildman–Crippen LogP) is 2.28. The number of carbonyl (C=O) groups excluding carboxylic acids is 1. The Hall–Kier alpha value is -0.910. The molecule has 0 aromatic carbocycles. The van der Waals surface area contributed by atoms with Crippen LogP contribution in [0.3, 0.4) is 0 Å². The summed E-state index contributed by atoms with van der Waals surface area (Å²) in [5.41, 5.74) is 0. The predicted molar refractivity (Wildman–Crippen MR) is 81.9 cm³/mol. The number of thiophene rings is 1. The van der Waals surface area contributed by atoms with Gasteiger partial charge in [-0.3, -0.25) is 9.69 Å². The lowest BCUT2D eigenvalue weighted by molar-refractivity contribution is -0.151. The Morgan fingerprint density at radius 3 is 3.00 bits per heavy atom. The fourth-order valence-corrected chi connectivity index (χ4v) is 3.86. The maximum Gasteiger partial charge on any atom is 0.324 e. The molecule has 0 saturated carbocycles. The van der Waals surface area contributed by atoms with Crippen molar-refractivity contribution in [2.24, 2.45) is 5.92 Å². The Bertz CT molecular complexity index is 420. The van der Waals surface area contributed by atoms with E-state index in [1.165, 1.54) is 4.88 Å². The smallest absolute Gasteiger partial charge is 0.324 e. The molecule has 1 aliphatic heterocycles. The monoisotopic (exact) mass is 296 g/mol. The largest absolute Gasteiger partial charge is 0.465 e. The molecular weight excluding hydrogens is 272 g/mol. The molecule has 5 heteroatoms. The number of piperazine rings is 1. The van der Waals surface area contributed by atoms with Gasteiger partial charge >= 0.3 is 5.97 Å². The van der Waals surface area contributed by atoms with Gasteiger partial charge < -0.3 is 10.1 Å². The van der Waals surface area contributed by atoms with Crippen molar-refractivity contribution in [3.63, 3.8) is 0 Å². The van der Waals surface area contributed by atoms with Gasteiger partial charge in [-0.25, -0.2) is 0 Å². The van der Waals surface area contributed by atoms with Gasteiger partial charge in [-0.15, -0.1) is 11.3 Å². The number of carbonyl (C=O) groups is 1. The lowest BCUT2D eigenvalue weighted by atomic mass is 9.97. The molecular formula is C15H24N2O2S. The molecule has 2 unspecified atom stereocenters. The van der Waals surface area contributed by atoms with Crippen LogP contribution < -0.4 is 5.32 Å². The molecule has 2 atom stereocenters. The van der Waals surface area contributed by atoms with Crippen molar-refractivity contribution in [3.8, 4) is 0 Å². The Morgan fingerprint density at radius 2 is 2.40 bits per heavy atom. The van der Waals surface area contributed by atoms with E-state index in [0.717, 1.165) is 13.1 Å². The number of hydrogen-bond acceptors (Lipinski definition) is 5. The zero-order valence-electron chi connectivity index (χ0n) is 12.5. The van der Waals surface area contributed by atoms with Crippen molar-refractivity contribution < 1.29 is 9.53 Å². The first-order chi connectivity index (χ1) is 9.65. The molecule has 1 aromatic rings. The van der Waals surface area contributed by atoms with Gasteiger partial charge in [-0.05, 0) is 24.3 Å². The summed E-state index contributed by atoms with van der Waals surface area (Å²) in [5.74, 6) is 0.352. The minimum absolute atomic E-state index is 0.109. The highest BCUT2D eigenvalue weighted by Crippen LogP contribution is 2.33. The van der Waals surface area contributed by atoms with Crippen LogP contribution in [0.25, 0.3) is 0 Å². The number of rotatable bonds is 5. The summed E-state index contributed by atoms with van der Waals surface area (Å²) in [6.45, 7) is 9.21. The first kappa shape index (κ1) is 15.5. The van der Waals surface area contributed by atoms with E-state index in [2.05, 4.69) is 41.6 Å². The molecule has 20 heavy (non-hydrogen) atoms. The molecule has 2 rings (SSSR count). The number of ether oxygens (including phenoxy) is 1. The van der Waals surface area contributed by atoms with Gasteiger partial charge in [0.1, 0.15) is 6.04 Å². The van der Waals surface area contributed by atoms with E-state index in [0.29, 0.717) is 19.1 Å². The topological polar surface area (TPSA) is 41.6 Å². The minimum atomic E-state index is -0.182. The number of esters is 1. The Labute approximate surface area is 125 Å². The second kappa shape index (κ2) is 7.20. The summed E-state index contributed by atoms with van der Waals surface area (Å²) < 4.78 is 5.24. The molecule has 0 aliphatic carbocycles. The van der Waals surface area contributed by atoms with Gasteiger partial charge in [0.2, 0.25) is 0 Å². The maximum absolute atomic E-state index is 12.2. The zero-order valence-corrected chi connectivity index (χ0v) is 13.3. The average Bonchev–Trinajstić information content (AvgIpc) is 2.93. The summed E-state index contributed by atoms with van der Waals surface area (Å²) in [7, 11) is 0. The lowest BCUT2D eigenvalue weighted by Crippen LogP contribution is -2.57. The summed E-state index contributed by atoms with van der Waals surface area (Å²) >= 11 is 1.77. The molecule has 112 valence electrons. The van der Waals surface area contributed by atoms with Gasteiger partial charge in [0.15, 0.2) is 0 Å². The first-order valence-electron chi connectivity index (χ1n) is 7.31. The van der Waals surface area contributed by atoms with Crippen molar-refractivity contribution in [3.05, 3.63) is 22.4 Å². The normalized spacial score (nSPS) is 21.9. The van der Waals surface area contributed by atoms with E-state index in [1.807, 2.05) is 6.92 Å². The molecule has 0 amide bonds. The van der Waals surface area contributed by atoms with Gasteiger partial charge in [-0.2, -0.15) is 0 Å². The molecule has 0 bridgehead atoms. The third kappa shape index (κ3) is 3.40. The van der Waals surface area contributed by atoms with Crippen LogP contribution in [0.15, 0.2) is 17.5 Å². The Balaban J connectivity index is 2.22. The highest BCUT2D eigenvalue weighted by atomic mass is 32.1. The van der Waals surface area contributed by atoms with E-state index in [4.69, 9.17) is 4.74 Å². The second-order valence-electron chi connectivity index (χ2n) is 5.41. The zero-order chi connectivity index (χ0) is 14.5. The molecule has 1 aromatic heterocycles. The maximum atomic E-state index is 12.2.